The lowest BCUT2D eigenvalue weighted by molar-refractivity contribution is 0.0636. The molecular weight excluding hydrogens is 258 g/mol. The first-order chi connectivity index (χ1) is 9.26. The molecule has 0 aromatic carbocycles. The second-order valence-electron chi connectivity index (χ2n) is 5.49. The van der Waals surface area contributed by atoms with Gasteiger partial charge in [0.2, 0.25) is 0 Å². The van der Waals surface area contributed by atoms with Gasteiger partial charge in [0.1, 0.15) is 5.60 Å². The zero-order valence-corrected chi connectivity index (χ0v) is 11.9. The molecule has 2 aromatic rings. The van der Waals surface area contributed by atoms with Crippen LogP contribution < -0.4 is 5.32 Å². The number of nitrogens with one attached hydrogen (secondary N) is 1. The summed E-state index contributed by atoms with van der Waals surface area (Å²) in [5, 5.41) is 6.70. The van der Waals surface area contributed by atoms with E-state index in [-0.39, 0.29) is 5.78 Å². The number of aromatic nitrogens is 2. The van der Waals surface area contributed by atoms with Gasteiger partial charge in [-0.2, -0.15) is 5.10 Å². The molecule has 0 aliphatic heterocycles. The summed E-state index contributed by atoms with van der Waals surface area (Å²) < 4.78 is 6.75. The van der Waals surface area contributed by atoms with Gasteiger partial charge in [-0.05, 0) is 39.8 Å². The lowest BCUT2D eigenvalue weighted by Crippen LogP contribution is -2.27. The van der Waals surface area contributed by atoms with E-state index in [0.717, 1.165) is 0 Å². The number of fused-ring (bicyclic) bond motifs is 1. The summed E-state index contributed by atoms with van der Waals surface area (Å²) in [5.74, 6) is -0.0746. The minimum absolute atomic E-state index is 0.0746. The summed E-state index contributed by atoms with van der Waals surface area (Å²) in [4.78, 5) is 23.2. The number of Topliss-reactive ketones (excluding diaryl/α,β-unsaturated/α-hetero) is 1. The maximum atomic E-state index is 11.7. The molecule has 0 aliphatic carbocycles. The number of carbonyl (C=O) groups is 2. The molecule has 0 radical (unpaired) electrons. The summed E-state index contributed by atoms with van der Waals surface area (Å²) in [7, 11) is 0. The average molecular weight is 275 g/mol. The van der Waals surface area contributed by atoms with Crippen LogP contribution in [0.5, 0.6) is 0 Å². The molecule has 6 nitrogen and oxygen atoms in total. The fourth-order valence-electron chi connectivity index (χ4n) is 1.75. The van der Waals surface area contributed by atoms with Crippen molar-refractivity contribution in [3.63, 3.8) is 0 Å². The van der Waals surface area contributed by atoms with Crippen LogP contribution in [0.3, 0.4) is 0 Å². The van der Waals surface area contributed by atoms with Gasteiger partial charge in [0.15, 0.2) is 5.78 Å². The maximum Gasteiger partial charge on any atom is 0.412 e. The van der Waals surface area contributed by atoms with Crippen molar-refractivity contribution >= 4 is 23.1 Å². The van der Waals surface area contributed by atoms with Gasteiger partial charge in [-0.15, -0.1) is 0 Å². The normalized spacial score (nSPS) is 11.4. The molecule has 106 valence electrons. The number of rotatable bonds is 2. The SMILES string of the molecule is CC(=O)c1cnn2ccc(NC(=O)OC(C)(C)C)cc12. The minimum Gasteiger partial charge on any atom is -0.444 e. The van der Waals surface area contributed by atoms with Crippen LogP contribution in [0.4, 0.5) is 10.5 Å². The van der Waals surface area contributed by atoms with E-state index in [4.69, 9.17) is 4.74 Å². The Kier molecular flexibility index (Phi) is 3.48. The second kappa shape index (κ2) is 4.96. The van der Waals surface area contributed by atoms with Gasteiger partial charge in [0.05, 0.1) is 17.3 Å². The third kappa shape index (κ3) is 3.14. The number of nitrogens with zero attached hydrogens (tertiary/aromatic N) is 2. The highest BCUT2D eigenvalue weighted by Gasteiger charge is 2.16. The van der Waals surface area contributed by atoms with Crippen molar-refractivity contribution in [2.75, 3.05) is 5.32 Å². The molecule has 0 aliphatic rings. The Balaban J connectivity index is 2.25. The third-order valence-electron chi connectivity index (χ3n) is 2.55. The first kappa shape index (κ1) is 14.0. The number of pyridine rings is 1. The largest absolute Gasteiger partial charge is 0.444 e. The Morgan fingerprint density at radius 3 is 2.65 bits per heavy atom. The molecule has 0 bridgehead atoms. The van der Waals surface area contributed by atoms with E-state index in [1.54, 1.807) is 43.6 Å². The number of hydrogen-bond donors (Lipinski definition) is 1. The highest BCUT2D eigenvalue weighted by molar-refractivity contribution is 6.01. The highest BCUT2D eigenvalue weighted by Crippen LogP contribution is 2.17. The molecule has 2 heterocycles. The van der Waals surface area contributed by atoms with Crippen LogP contribution >= 0.6 is 0 Å². The van der Waals surface area contributed by atoms with E-state index in [9.17, 15) is 9.59 Å². The number of ketones is 1. The molecule has 0 saturated heterocycles. The first-order valence-corrected chi connectivity index (χ1v) is 6.24. The van der Waals surface area contributed by atoms with Crippen molar-refractivity contribution < 1.29 is 14.3 Å². The predicted octanol–water partition coefficient (Wildman–Crippen LogP) is 2.88. The smallest absolute Gasteiger partial charge is 0.412 e. The molecule has 0 atom stereocenters. The van der Waals surface area contributed by atoms with E-state index < -0.39 is 11.7 Å². The van der Waals surface area contributed by atoms with Crippen LogP contribution in [0.25, 0.3) is 5.52 Å². The molecule has 0 spiro atoms. The summed E-state index contributed by atoms with van der Waals surface area (Å²) in [6.45, 7) is 6.85. The second-order valence-corrected chi connectivity index (χ2v) is 5.49. The molecule has 20 heavy (non-hydrogen) atoms. The summed E-state index contributed by atoms with van der Waals surface area (Å²) in [6.07, 6.45) is 2.65. The van der Waals surface area contributed by atoms with Crippen LogP contribution in [-0.4, -0.2) is 27.1 Å². The fraction of sp³-hybridized carbons (Fsp3) is 0.357. The zero-order valence-electron chi connectivity index (χ0n) is 11.9. The van der Waals surface area contributed by atoms with Crippen LogP contribution in [0.2, 0.25) is 0 Å². The molecule has 1 amide bonds. The predicted molar refractivity (Wildman–Crippen MR) is 75.1 cm³/mol. The molecular formula is C14H17N3O3. The number of ether oxygens (including phenoxy) is 1. The standard InChI is InChI=1S/C14H17N3O3/c1-9(18)11-8-15-17-6-5-10(7-12(11)17)16-13(19)20-14(2,3)4/h5-8H,1-4H3,(H,16,19). The van der Waals surface area contributed by atoms with Gasteiger partial charge < -0.3 is 4.74 Å². The molecule has 6 heteroatoms. The van der Waals surface area contributed by atoms with Crippen LogP contribution in [0.1, 0.15) is 38.1 Å². The van der Waals surface area contributed by atoms with Gasteiger partial charge in [-0.3, -0.25) is 10.1 Å². The lowest BCUT2D eigenvalue weighted by Gasteiger charge is -2.19. The molecule has 1 N–H and O–H groups in total. The van der Waals surface area contributed by atoms with Gasteiger partial charge in [0.25, 0.3) is 0 Å². The van der Waals surface area contributed by atoms with E-state index in [2.05, 4.69) is 10.4 Å². The number of carbonyl (C=O) groups excluding carboxylic acids is 2. The third-order valence-corrected chi connectivity index (χ3v) is 2.55. The Morgan fingerprint density at radius 2 is 2.05 bits per heavy atom. The quantitative estimate of drug-likeness (QED) is 0.855. The van der Waals surface area contributed by atoms with Crippen molar-refractivity contribution in [1.29, 1.82) is 0 Å². The Hall–Kier alpha value is -2.37. The number of amides is 1. The minimum atomic E-state index is -0.560. The van der Waals surface area contributed by atoms with Gasteiger partial charge in [-0.25, -0.2) is 9.31 Å². The van der Waals surface area contributed by atoms with Crippen LogP contribution in [0, 0.1) is 0 Å². The van der Waals surface area contributed by atoms with E-state index in [1.807, 2.05) is 0 Å². The van der Waals surface area contributed by atoms with Gasteiger partial charge in [0, 0.05) is 11.9 Å². The summed E-state index contributed by atoms with van der Waals surface area (Å²) in [6, 6.07) is 3.38. The summed E-state index contributed by atoms with van der Waals surface area (Å²) >= 11 is 0. The molecule has 2 rings (SSSR count). The lowest BCUT2D eigenvalue weighted by atomic mass is 10.2. The van der Waals surface area contributed by atoms with Crippen LogP contribution in [0.15, 0.2) is 24.5 Å². The van der Waals surface area contributed by atoms with Crippen molar-refractivity contribution in [3.8, 4) is 0 Å². The molecule has 0 unspecified atom stereocenters. The summed E-state index contributed by atoms with van der Waals surface area (Å²) in [5.41, 5.74) is 1.15. The topological polar surface area (TPSA) is 72.7 Å². The number of hydrogen-bond acceptors (Lipinski definition) is 4. The van der Waals surface area contributed by atoms with Gasteiger partial charge in [-0.1, -0.05) is 0 Å². The van der Waals surface area contributed by atoms with Crippen LogP contribution in [-0.2, 0) is 4.74 Å². The molecule has 0 fully saturated rings. The van der Waals surface area contributed by atoms with Crippen molar-refractivity contribution in [1.82, 2.24) is 9.61 Å². The molecule has 2 aromatic heterocycles. The van der Waals surface area contributed by atoms with E-state index in [1.165, 1.54) is 13.1 Å². The van der Waals surface area contributed by atoms with E-state index in [0.29, 0.717) is 16.8 Å². The molecule has 0 saturated carbocycles. The average Bonchev–Trinajstić information content (AvgIpc) is 2.69. The van der Waals surface area contributed by atoms with Crippen molar-refractivity contribution in [2.45, 2.75) is 33.3 Å². The van der Waals surface area contributed by atoms with Crippen molar-refractivity contribution in [2.24, 2.45) is 0 Å². The zero-order chi connectivity index (χ0) is 14.9. The first-order valence-electron chi connectivity index (χ1n) is 6.24. The van der Waals surface area contributed by atoms with Crippen molar-refractivity contribution in [3.05, 3.63) is 30.1 Å². The van der Waals surface area contributed by atoms with Gasteiger partial charge >= 0.3 is 6.09 Å². The number of anilines is 1. The highest BCUT2D eigenvalue weighted by atomic mass is 16.6. The Morgan fingerprint density at radius 1 is 1.35 bits per heavy atom. The monoisotopic (exact) mass is 275 g/mol. The Bertz CT molecular complexity index is 668. The fourth-order valence-corrected chi connectivity index (χ4v) is 1.75. The van der Waals surface area contributed by atoms with E-state index >= 15 is 0 Å². The maximum absolute atomic E-state index is 11.7. The Labute approximate surface area is 116 Å².